The highest BCUT2D eigenvalue weighted by Crippen LogP contribution is 2.25. The second-order valence-corrected chi connectivity index (χ2v) is 6.35. The maximum Gasteiger partial charge on any atom is 0.245 e. The summed E-state index contributed by atoms with van der Waals surface area (Å²) in [5.74, 6) is 0. The molecule has 0 bridgehead atoms. The third-order valence-corrected chi connectivity index (χ3v) is 5.29. The number of nitrogens with zero attached hydrogens (tertiary/aromatic N) is 2. The Morgan fingerprint density at radius 1 is 1.44 bits per heavy atom. The molecule has 18 heavy (non-hydrogen) atoms. The van der Waals surface area contributed by atoms with Gasteiger partial charge in [-0.05, 0) is 12.1 Å². The number of nitrogens with one attached hydrogen (secondary N) is 2. The molecule has 0 aliphatic carbocycles. The lowest BCUT2D eigenvalue weighted by Crippen LogP contribution is -2.57. The number of hydrogen-bond acceptors (Lipinski definition) is 4. The predicted octanol–water partition coefficient (Wildman–Crippen LogP) is 0.155. The van der Waals surface area contributed by atoms with Crippen LogP contribution in [-0.2, 0) is 10.0 Å². The third kappa shape index (κ3) is 1.63. The van der Waals surface area contributed by atoms with Crippen molar-refractivity contribution in [2.75, 3.05) is 20.1 Å². The van der Waals surface area contributed by atoms with Gasteiger partial charge in [0.25, 0.3) is 0 Å². The van der Waals surface area contributed by atoms with Gasteiger partial charge in [-0.1, -0.05) is 0 Å². The topological polar surface area (TPSA) is 78.1 Å². The first kappa shape index (κ1) is 11.6. The van der Waals surface area contributed by atoms with Gasteiger partial charge >= 0.3 is 0 Å². The summed E-state index contributed by atoms with van der Waals surface area (Å²) in [6, 6.07) is 3.54. The van der Waals surface area contributed by atoms with Crippen LogP contribution >= 0.6 is 0 Å². The highest BCUT2D eigenvalue weighted by molar-refractivity contribution is 7.89. The summed E-state index contributed by atoms with van der Waals surface area (Å²) < 4.78 is 26.4. The van der Waals surface area contributed by atoms with Gasteiger partial charge in [-0.3, -0.25) is 0 Å². The molecule has 6 nitrogen and oxygen atoms in total. The third-order valence-electron chi connectivity index (χ3n) is 3.34. The molecule has 0 atom stereocenters. The van der Waals surface area contributed by atoms with Crippen molar-refractivity contribution in [3.05, 3.63) is 24.5 Å². The smallest absolute Gasteiger partial charge is 0.245 e. The first-order valence-corrected chi connectivity index (χ1v) is 7.15. The Hall–Kier alpha value is -1.44. The average Bonchev–Trinajstić information content (AvgIpc) is 2.70. The molecule has 0 spiro atoms. The van der Waals surface area contributed by atoms with Gasteiger partial charge < -0.3 is 10.3 Å². The van der Waals surface area contributed by atoms with Crippen LogP contribution in [0, 0.1) is 0 Å². The molecule has 1 aliphatic rings. The minimum Gasteiger partial charge on any atom is -0.345 e. The summed E-state index contributed by atoms with van der Waals surface area (Å²) in [4.78, 5) is 7.29. The van der Waals surface area contributed by atoms with Gasteiger partial charge in [-0.2, -0.15) is 4.31 Å². The summed E-state index contributed by atoms with van der Waals surface area (Å²) in [6.07, 6.45) is 3.14. The van der Waals surface area contributed by atoms with Gasteiger partial charge in [-0.15, -0.1) is 0 Å². The molecule has 2 N–H and O–H groups in total. The number of aromatic nitrogens is 2. The van der Waals surface area contributed by atoms with E-state index in [-0.39, 0.29) is 6.04 Å². The molecule has 0 unspecified atom stereocenters. The second kappa shape index (κ2) is 4.04. The average molecular weight is 266 g/mol. The van der Waals surface area contributed by atoms with Crippen molar-refractivity contribution in [3.8, 4) is 0 Å². The maximum absolute atomic E-state index is 12.5. The lowest BCUT2D eigenvalue weighted by Gasteiger charge is -2.34. The highest BCUT2D eigenvalue weighted by Gasteiger charge is 2.33. The SMILES string of the molecule is CN(C1CNC1)S(=O)(=O)c1c[nH]c2ncccc12. The van der Waals surface area contributed by atoms with Crippen LogP contribution in [0.2, 0.25) is 0 Å². The molecule has 1 aliphatic heterocycles. The maximum atomic E-state index is 12.5. The zero-order valence-electron chi connectivity index (χ0n) is 9.92. The fourth-order valence-corrected chi connectivity index (χ4v) is 3.53. The Morgan fingerprint density at radius 3 is 2.89 bits per heavy atom. The minimum atomic E-state index is -3.46. The number of H-pyrrole nitrogens is 1. The van der Waals surface area contributed by atoms with Crippen molar-refractivity contribution < 1.29 is 8.42 Å². The van der Waals surface area contributed by atoms with Crippen LogP contribution in [0.3, 0.4) is 0 Å². The fraction of sp³-hybridized carbons (Fsp3) is 0.364. The van der Waals surface area contributed by atoms with E-state index >= 15 is 0 Å². The van der Waals surface area contributed by atoms with E-state index in [9.17, 15) is 8.42 Å². The van der Waals surface area contributed by atoms with E-state index in [0.29, 0.717) is 29.0 Å². The Morgan fingerprint density at radius 2 is 2.22 bits per heavy atom. The number of likely N-dealkylation sites (N-methyl/N-ethyl adjacent to an activating group) is 1. The van der Waals surface area contributed by atoms with E-state index in [0.717, 1.165) is 0 Å². The van der Waals surface area contributed by atoms with E-state index in [1.54, 1.807) is 25.4 Å². The summed E-state index contributed by atoms with van der Waals surface area (Å²) in [6.45, 7) is 1.41. The molecule has 2 aromatic rings. The molecular weight excluding hydrogens is 252 g/mol. The van der Waals surface area contributed by atoms with Crippen molar-refractivity contribution in [2.45, 2.75) is 10.9 Å². The molecule has 0 amide bonds. The van der Waals surface area contributed by atoms with Gasteiger partial charge in [0.15, 0.2) is 0 Å². The van der Waals surface area contributed by atoms with Gasteiger partial charge in [0.2, 0.25) is 10.0 Å². The Labute approximate surface area is 105 Å². The normalized spacial score (nSPS) is 17.2. The molecule has 2 aromatic heterocycles. The van der Waals surface area contributed by atoms with Crippen LogP contribution in [0.1, 0.15) is 0 Å². The predicted molar refractivity (Wildman–Crippen MR) is 67.7 cm³/mol. The molecule has 3 heterocycles. The summed E-state index contributed by atoms with van der Waals surface area (Å²) in [5.41, 5.74) is 0.594. The number of pyridine rings is 1. The van der Waals surface area contributed by atoms with E-state index in [1.165, 1.54) is 10.5 Å². The number of fused-ring (bicyclic) bond motifs is 1. The summed E-state index contributed by atoms with van der Waals surface area (Å²) in [5, 5.41) is 3.71. The summed E-state index contributed by atoms with van der Waals surface area (Å²) in [7, 11) is -1.84. The Kier molecular flexibility index (Phi) is 2.61. The molecule has 1 fully saturated rings. The number of rotatable bonds is 3. The minimum absolute atomic E-state index is 0.0385. The first-order chi connectivity index (χ1) is 8.60. The Balaban J connectivity index is 2.07. The van der Waals surface area contributed by atoms with Crippen LogP contribution in [0.5, 0.6) is 0 Å². The van der Waals surface area contributed by atoms with Crippen molar-refractivity contribution in [1.29, 1.82) is 0 Å². The molecule has 1 saturated heterocycles. The zero-order valence-corrected chi connectivity index (χ0v) is 10.7. The molecule has 0 saturated carbocycles. The fourth-order valence-electron chi connectivity index (χ4n) is 2.03. The van der Waals surface area contributed by atoms with Crippen LogP contribution in [0.15, 0.2) is 29.4 Å². The van der Waals surface area contributed by atoms with Crippen LogP contribution < -0.4 is 5.32 Å². The van der Waals surface area contributed by atoms with Gasteiger partial charge in [-0.25, -0.2) is 13.4 Å². The lowest BCUT2D eigenvalue weighted by molar-refractivity contribution is 0.274. The highest BCUT2D eigenvalue weighted by atomic mass is 32.2. The van der Waals surface area contributed by atoms with E-state index in [1.807, 2.05) is 0 Å². The van der Waals surface area contributed by atoms with Gasteiger partial charge in [0.1, 0.15) is 10.5 Å². The molecule has 3 rings (SSSR count). The molecule has 0 radical (unpaired) electrons. The van der Waals surface area contributed by atoms with E-state index < -0.39 is 10.0 Å². The van der Waals surface area contributed by atoms with E-state index in [4.69, 9.17) is 0 Å². The molecular formula is C11H14N4O2S. The van der Waals surface area contributed by atoms with Crippen LogP contribution in [0.4, 0.5) is 0 Å². The molecule has 96 valence electrons. The standard InChI is InChI=1S/C11H14N4O2S/c1-15(8-5-12-6-8)18(16,17)10-7-14-11-9(10)3-2-4-13-11/h2-4,7-8,12H,5-6H2,1H3,(H,13,14). The Bertz CT molecular complexity index is 675. The molecule has 7 heteroatoms. The quantitative estimate of drug-likeness (QED) is 0.829. The molecule has 0 aromatic carbocycles. The zero-order chi connectivity index (χ0) is 12.8. The summed E-state index contributed by atoms with van der Waals surface area (Å²) >= 11 is 0. The lowest BCUT2D eigenvalue weighted by atomic mass is 10.2. The van der Waals surface area contributed by atoms with Crippen LogP contribution in [0.25, 0.3) is 11.0 Å². The van der Waals surface area contributed by atoms with Crippen molar-refractivity contribution in [2.24, 2.45) is 0 Å². The van der Waals surface area contributed by atoms with Crippen LogP contribution in [-0.4, -0.2) is 48.9 Å². The van der Waals surface area contributed by atoms with Gasteiger partial charge in [0, 0.05) is 44.0 Å². The van der Waals surface area contributed by atoms with Gasteiger partial charge in [0.05, 0.1) is 0 Å². The van der Waals surface area contributed by atoms with Crippen molar-refractivity contribution >= 4 is 21.1 Å². The number of sulfonamides is 1. The monoisotopic (exact) mass is 266 g/mol. The van der Waals surface area contributed by atoms with E-state index in [2.05, 4.69) is 15.3 Å². The second-order valence-electron chi connectivity index (χ2n) is 4.39. The first-order valence-electron chi connectivity index (χ1n) is 5.71. The van der Waals surface area contributed by atoms with Crippen molar-refractivity contribution in [1.82, 2.24) is 19.6 Å². The van der Waals surface area contributed by atoms with Crippen molar-refractivity contribution in [3.63, 3.8) is 0 Å². The number of aromatic amines is 1. The largest absolute Gasteiger partial charge is 0.345 e. The number of hydrogen-bond donors (Lipinski definition) is 2.